The van der Waals surface area contributed by atoms with Crippen molar-refractivity contribution < 1.29 is 13.2 Å². The van der Waals surface area contributed by atoms with E-state index in [0.29, 0.717) is 24.0 Å². The second kappa shape index (κ2) is 7.09. The van der Waals surface area contributed by atoms with E-state index >= 15 is 0 Å². The van der Waals surface area contributed by atoms with Gasteiger partial charge >= 0.3 is 6.18 Å². The van der Waals surface area contributed by atoms with Crippen molar-refractivity contribution in [3.8, 4) is 10.6 Å². The Hall–Kier alpha value is -2.19. The molecular weight excluding hydrogens is 375 g/mol. The van der Waals surface area contributed by atoms with Crippen molar-refractivity contribution in [1.29, 1.82) is 0 Å². The first kappa shape index (κ1) is 18.2. The molecule has 0 aliphatic carbocycles. The van der Waals surface area contributed by atoms with Gasteiger partial charge in [-0.15, -0.1) is 11.3 Å². The highest BCUT2D eigenvalue weighted by Crippen LogP contribution is 2.33. The first-order valence-electron chi connectivity index (χ1n) is 8.76. The van der Waals surface area contributed by atoms with Gasteiger partial charge in [-0.3, -0.25) is 9.69 Å². The molecule has 4 nitrogen and oxygen atoms in total. The smallest absolute Gasteiger partial charge is 0.284 e. The van der Waals surface area contributed by atoms with E-state index < -0.39 is 12.1 Å². The lowest BCUT2D eigenvalue weighted by molar-refractivity contribution is -0.188. The van der Waals surface area contributed by atoms with E-state index in [4.69, 9.17) is 0 Å². The van der Waals surface area contributed by atoms with Crippen LogP contribution < -0.4 is 5.56 Å². The van der Waals surface area contributed by atoms with Crippen LogP contribution in [-0.4, -0.2) is 33.9 Å². The maximum Gasteiger partial charge on any atom is 0.393 e. The minimum absolute atomic E-state index is 0.0641. The van der Waals surface area contributed by atoms with Gasteiger partial charge in [-0.1, -0.05) is 24.3 Å². The number of alkyl halides is 3. The molecule has 1 fully saturated rings. The first-order chi connectivity index (χ1) is 12.9. The molecule has 27 heavy (non-hydrogen) atoms. The molecule has 3 heterocycles. The minimum Gasteiger partial charge on any atom is -0.284 e. The van der Waals surface area contributed by atoms with Crippen molar-refractivity contribution in [1.82, 2.24) is 14.7 Å². The molecule has 142 valence electrons. The molecule has 0 amide bonds. The molecule has 0 saturated carbocycles. The number of thiophene rings is 1. The molecule has 1 aliphatic rings. The Balaban J connectivity index is 1.72. The average Bonchev–Trinajstić information content (AvgIpc) is 3.18. The highest BCUT2D eigenvalue weighted by atomic mass is 32.1. The Bertz CT molecular complexity index is 998. The van der Waals surface area contributed by atoms with Crippen molar-refractivity contribution in [2.75, 3.05) is 13.1 Å². The Morgan fingerprint density at radius 3 is 2.63 bits per heavy atom. The van der Waals surface area contributed by atoms with Crippen molar-refractivity contribution in [3.63, 3.8) is 0 Å². The van der Waals surface area contributed by atoms with E-state index in [1.54, 1.807) is 17.0 Å². The van der Waals surface area contributed by atoms with Crippen LogP contribution in [-0.2, 0) is 6.67 Å². The van der Waals surface area contributed by atoms with Crippen LogP contribution in [0.2, 0.25) is 0 Å². The van der Waals surface area contributed by atoms with Gasteiger partial charge in [-0.05, 0) is 36.9 Å². The first-order valence-corrected chi connectivity index (χ1v) is 9.64. The highest BCUT2D eigenvalue weighted by Gasteiger charge is 2.41. The zero-order chi connectivity index (χ0) is 19.0. The molecule has 0 unspecified atom stereocenters. The van der Waals surface area contributed by atoms with Crippen molar-refractivity contribution in [3.05, 3.63) is 52.1 Å². The van der Waals surface area contributed by atoms with Crippen LogP contribution in [0.15, 0.2) is 46.6 Å². The third-order valence-corrected chi connectivity index (χ3v) is 5.80. The van der Waals surface area contributed by atoms with E-state index in [9.17, 15) is 18.0 Å². The average molecular weight is 393 g/mol. The van der Waals surface area contributed by atoms with Crippen molar-refractivity contribution in [2.24, 2.45) is 5.92 Å². The van der Waals surface area contributed by atoms with Gasteiger partial charge in [-0.2, -0.15) is 18.3 Å². The molecule has 8 heteroatoms. The second-order valence-corrected chi connectivity index (χ2v) is 7.72. The van der Waals surface area contributed by atoms with E-state index in [2.05, 4.69) is 5.10 Å². The summed E-state index contributed by atoms with van der Waals surface area (Å²) >= 11 is 1.52. The zero-order valence-corrected chi connectivity index (χ0v) is 15.3. The molecule has 3 aromatic rings. The lowest BCUT2D eigenvalue weighted by Gasteiger charge is -2.33. The molecule has 2 aromatic heterocycles. The second-order valence-electron chi connectivity index (χ2n) is 6.78. The molecule has 0 N–H and O–H groups in total. The largest absolute Gasteiger partial charge is 0.393 e. The summed E-state index contributed by atoms with van der Waals surface area (Å²) in [7, 11) is 0. The number of likely N-dealkylation sites (tertiary alicyclic amines) is 1. The molecular formula is C19H18F3N3OS. The van der Waals surface area contributed by atoms with Gasteiger partial charge in [-0.25, -0.2) is 4.68 Å². The van der Waals surface area contributed by atoms with Crippen LogP contribution in [0.5, 0.6) is 0 Å². The van der Waals surface area contributed by atoms with Gasteiger partial charge in [0.1, 0.15) is 5.69 Å². The molecule has 1 aromatic carbocycles. The molecule has 1 aliphatic heterocycles. The summed E-state index contributed by atoms with van der Waals surface area (Å²) in [6.07, 6.45) is -3.60. The van der Waals surface area contributed by atoms with Crippen LogP contribution in [0.1, 0.15) is 12.8 Å². The lowest BCUT2D eigenvalue weighted by Crippen LogP contribution is -2.44. The SMILES string of the molecule is O=c1c2ccccc2c(-c2cccs2)nn1CN1CCC[C@H](C(F)(F)F)C1. The summed E-state index contributed by atoms with van der Waals surface area (Å²) in [4.78, 5) is 15.4. The Labute approximate surface area is 157 Å². The predicted octanol–water partition coefficient (Wildman–Crippen LogP) is 4.36. The zero-order valence-electron chi connectivity index (χ0n) is 14.4. The van der Waals surface area contributed by atoms with Gasteiger partial charge in [0.25, 0.3) is 5.56 Å². The summed E-state index contributed by atoms with van der Waals surface area (Å²) in [6, 6.07) is 11.1. The third-order valence-electron chi connectivity index (χ3n) is 4.92. The van der Waals surface area contributed by atoms with Crippen LogP contribution in [0.25, 0.3) is 21.3 Å². The normalized spacial score (nSPS) is 18.9. The number of hydrogen-bond donors (Lipinski definition) is 0. The Morgan fingerprint density at radius 1 is 1.15 bits per heavy atom. The summed E-state index contributed by atoms with van der Waals surface area (Å²) in [6.45, 7) is 0.495. The van der Waals surface area contributed by atoms with E-state index in [1.165, 1.54) is 16.0 Å². The van der Waals surface area contributed by atoms with Gasteiger partial charge < -0.3 is 0 Å². The minimum atomic E-state index is -4.21. The molecule has 1 atom stereocenters. The molecule has 1 saturated heterocycles. The van der Waals surface area contributed by atoms with Crippen molar-refractivity contribution in [2.45, 2.75) is 25.7 Å². The van der Waals surface area contributed by atoms with Crippen LogP contribution in [0.3, 0.4) is 0 Å². The number of rotatable bonds is 3. The number of aromatic nitrogens is 2. The number of hydrogen-bond acceptors (Lipinski definition) is 4. The summed E-state index contributed by atoms with van der Waals surface area (Å²) in [5, 5.41) is 7.73. The number of halogens is 3. The number of fused-ring (bicyclic) bond motifs is 1. The lowest BCUT2D eigenvalue weighted by atomic mass is 9.98. The van der Waals surface area contributed by atoms with E-state index in [0.717, 1.165) is 10.3 Å². The maximum absolute atomic E-state index is 13.1. The monoisotopic (exact) mass is 393 g/mol. The van der Waals surface area contributed by atoms with Crippen LogP contribution in [0.4, 0.5) is 13.2 Å². The Kier molecular flexibility index (Phi) is 4.77. The topological polar surface area (TPSA) is 38.1 Å². The highest BCUT2D eigenvalue weighted by molar-refractivity contribution is 7.13. The van der Waals surface area contributed by atoms with Crippen LogP contribution >= 0.6 is 11.3 Å². The number of piperidine rings is 1. The summed E-state index contributed by atoms with van der Waals surface area (Å²) < 4.78 is 40.5. The maximum atomic E-state index is 13.1. The van der Waals surface area contributed by atoms with Crippen molar-refractivity contribution >= 4 is 22.1 Å². The molecule has 0 radical (unpaired) electrons. The Morgan fingerprint density at radius 2 is 1.93 bits per heavy atom. The third kappa shape index (κ3) is 3.64. The molecule has 0 bridgehead atoms. The van der Waals surface area contributed by atoms with E-state index in [1.807, 2.05) is 29.6 Å². The molecule has 4 rings (SSSR count). The standard InChI is InChI=1S/C19H18F3N3OS/c20-19(21,22)13-5-3-9-24(11-13)12-25-18(26)15-7-2-1-6-14(15)17(23-25)16-8-4-10-27-16/h1-2,4,6-8,10,13H,3,5,9,11-12H2/t13-/m0/s1. The number of benzene rings is 1. The fourth-order valence-electron chi connectivity index (χ4n) is 3.57. The molecule has 0 spiro atoms. The van der Waals surface area contributed by atoms with Gasteiger partial charge in [0.05, 0.1) is 22.8 Å². The summed E-state index contributed by atoms with van der Waals surface area (Å²) in [5.74, 6) is -1.35. The summed E-state index contributed by atoms with van der Waals surface area (Å²) in [5.41, 5.74) is 0.407. The predicted molar refractivity (Wildman–Crippen MR) is 99.7 cm³/mol. The van der Waals surface area contributed by atoms with E-state index in [-0.39, 0.29) is 25.2 Å². The number of nitrogens with zero attached hydrogens (tertiary/aromatic N) is 3. The van der Waals surface area contributed by atoms with Gasteiger partial charge in [0, 0.05) is 11.9 Å². The van der Waals surface area contributed by atoms with Gasteiger partial charge in [0.15, 0.2) is 0 Å². The fourth-order valence-corrected chi connectivity index (χ4v) is 4.29. The van der Waals surface area contributed by atoms with Crippen LogP contribution in [0, 0.1) is 5.92 Å². The fraction of sp³-hybridized carbons (Fsp3) is 0.368. The quantitative estimate of drug-likeness (QED) is 0.664. The van der Waals surface area contributed by atoms with Gasteiger partial charge in [0.2, 0.25) is 0 Å².